The number of halogens is 1. The van der Waals surface area contributed by atoms with Crippen LogP contribution in [0.3, 0.4) is 0 Å². The summed E-state index contributed by atoms with van der Waals surface area (Å²) in [4.78, 5) is 0. The van der Waals surface area contributed by atoms with Gasteiger partial charge in [-0.05, 0) is 18.6 Å². The first kappa shape index (κ1) is 7.37. The molecule has 0 saturated carbocycles. The van der Waals surface area contributed by atoms with E-state index < -0.39 is 5.83 Å². The van der Waals surface area contributed by atoms with Gasteiger partial charge in [0.2, 0.25) is 0 Å². The van der Waals surface area contributed by atoms with Gasteiger partial charge < -0.3 is 5.11 Å². The Labute approximate surface area is 48.1 Å². The molecule has 0 spiro atoms. The molecule has 0 atom stereocenters. The summed E-state index contributed by atoms with van der Waals surface area (Å²) in [6, 6.07) is 0. The highest BCUT2D eigenvalue weighted by molar-refractivity contribution is 5.15. The maximum absolute atomic E-state index is 12.1. The van der Waals surface area contributed by atoms with Crippen molar-refractivity contribution in [3.05, 3.63) is 24.1 Å². The molecule has 0 unspecified atom stereocenters. The Morgan fingerprint density at radius 1 is 1.88 bits per heavy atom. The van der Waals surface area contributed by atoms with E-state index in [1.807, 2.05) is 0 Å². The predicted octanol–water partition coefficient (Wildman–Crippen LogP) is 1.41. The molecule has 2 heteroatoms. The highest BCUT2D eigenvalue weighted by Crippen LogP contribution is 2.03. The van der Waals surface area contributed by atoms with Crippen LogP contribution in [0.2, 0.25) is 0 Å². The molecule has 0 aliphatic heterocycles. The fourth-order valence-corrected chi connectivity index (χ4v) is 0.250. The van der Waals surface area contributed by atoms with Crippen LogP contribution in [-0.4, -0.2) is 11.7 Å². The summed E-state index contributed by atoms with van der Waals surface area (Å²) < 4.78 is 12.1. The molecular formula is C6H9FO. The smallest absolute Gasteiger partial charge is 0.123 e. The van der Waals surface area contributed by atoms with Crippen LogP contribution in [0.5, 0.6) is 0 Å². The molecular weight excluding hydrogens is 107 g/mol. The third-order valence-electron chi connectivity index (χ3n) is 0.824. The summed E-state index contributed by atoms with van der Waals surface area (Å²) in [5.41, 5.74) is 0.319. The molecule has 1 N–H and O–H groups in total. The Balaban J connectivity index is 4.03. The summed E-state index contributed by atoms with van der Waals surface area (Å²) in [5.74, 6) is -0.437. The van der Waals surface area contributed by atoms with Crippen LogP contribution in [0.1, 0.15) is 6.92 Å². The van der Waals surface area contributed by atoms with Gasteiger partial charge in [-0.2, -0.15) is 0 Å². The lowest BCUT2D eigenvalue weighted by atomic mass is 10.3. The lowest BCUT2D eigenvalue weighted by Crippen LogP contribution is -1.85. The second-order valence-corrected chi connectivity index (χ2v) is 1.49. The zero-order valence-electron chi connectivity index (χ0n) is 4.82. The van der Waals surface area contributed by atoms with E-state index in [1.165, 1.54) is 6.92 Å². The molecule has 0 radical (unpaired) electrons. The van der Waals surface area contributed by atoms with Gasteiger partial charge in [0.15, 0.2) is 0 Å². The van der Waals surface area contributed by atoms with Gasteiger partial charge in [0.25, 0.3) is 0 Å². The van der Waals surface area contributed by atoms with Crippen LogP contribution in [0.25, 0.3) is 0 Å². The quantitative estimate of drug-likeness (QED) is 0.541. The van der Waals surface area contributed by atoms with Gasteiger partial charge in [-0.1, -0.05) is 6.58 Å². The van der Waals surface area contributed by atoms with Crippen molar-refractivity contribution < 1.29 is 9.50 Å². The molecule has 0 rings (SSSR count). The zero-order chi connectivity index (χ0) is 6.57. The highest BCUT2D eigenvalue weighted by Gasteiger charge is 1.91. The Morgan fingerprint density at radius 2 is 2.38 bits per heavy atom. The number of allylic oxidation sites excluding steroid dienone is 2. The summed E-state index contributed by atoms with van der Waals surface area (Å²) in [6.45, 7) is 4.46. The summed E-state index contributed by atoms with van der Waals surface area (Å²) in [5, 5.41) is 8.29. The molecule has 0 aromatic carbocycles. The molecule has 0 saturated heterocycles. The van der Waals surface area contributed by atoms with Crippen molar-refractivity contribution in [3.8, 4) is 0 Å². The van der Waals surface area contributed by atoms with Crippen molar-refractivity contribution >= 4 is 0 Å². The van der Waals surface area contributed by atoms with E-state index in [9.17, 15) is 4.39 Å². The van der Waals surface area contributed by atoms with Crippen LogP contribution >= 0.6 is 0 Å². The molecule has 0 bridgehead atoms. The molecule has 0 aliphatic rings. The number of hydrogen-bond donors (Lipinski definition) is 1. The van der Waals surface area contributed by atoms with Crippen molar-refractivity contribution in [1.82, 2.24) is 0 Å². The fraction of sp³-hybridized carbons (Fsp3) is 0.333. The van der Waals surface area contributed by atoms with Crippen molar-refractivity contribution in [2.24, 2.45) is 0 Å². The molecule has 0 fully saturated rings. The molecule has 0 heterocycles. The predicted molar refractivity (Wildman–Crippen MR) is 31.1 cm³/mol. The van der Waals surface area contributed by atoms with E-state index in [0.29, 0.717) is 5.57 Å². The van der Waals surface area contributed by atoms with E-state index in [-0.39, 0.29) is 6.61 Å². The molecule has 0 amide bonds. The van der Waals surface area contributed by atoms with Gasteiger partial charge in [0.05, 0.1) is 6.61 Å². The van der Waals surface area contributed by atoms with Crippen LogP contribution < -0.4 is 0 Å². The van der Waals surface area contributed by atoms with Gasteiger partial charge in [0, 0.05) is 0 Å². The first-order valence-corrected chi connectivity index (χ1v) is 2.31. The Morgan fingerprint density at radius 3 is 2.50 bits per heavy atom. The van der Waals surface area contributed by atoms with Crippen molar-refractivity contribution in [2.45, 2.75) is 6.92 Å². The normalized spacial score (nSPS) is 12.9. The van der Waals surface area contributed by atoms with E-state index in [1.54, 1.807) is 0 Å². The van der Waals surface area contributed by atoms with E-state index in [2.05, 4.69) is 6.58 Å². The largest absolute Gasteiger partial charge is 0.392 e. The van der Waals surface area contributed by atoms with Crippen molar-refractivity contribution in [1.29, 1.82) is 0 Å². The first-order valence-electron chi connectivity index (χ1n) is 2.31. The average Bonchev–Trinajstić information content (AvgIpc) is 1.84. The lowest BCUT2D eigenvalue weighted by Gasteiger charge is -1.91. The number of aliphatic hydroxyl groups is 1. The minimum absolute atomic E-state index is 0.238. The van der Waals surface area contributed by atoms with Crippen LogP contribution in [0.15, 0.2) is 24.1 Å². The second kappa shape index (κ2) is 3.38. The number of hydrogen-bond acceptors (Lipinski definition) is 1. The number of rotatable bonds is 2. The Kier molecular flexibility index (Phi) is 3.12. The van der Waals surface area contributed by atoms with Crippen molar-refractivity contribution in [3.63, 3.8) is 0 Å². The molecule has 1 nitrogen and oxygen atoms in total. The second-order valence-electron chi connectivity index (χ2n) is 1.49. The molecule has 0 aliphatic carbocycles. The molecule has 8 heavy (non-hydrogen) atoms. The van der Waals surface area contributed by atoms with Crippen molar-refractivity contribution in [2.75, 3.05) is 6.61 Å². The van der Waals surface area contributed by atoms with Crippen LogP contribution in [0.4, 0.5) is 4.39 Å². The van der Waals surface area contributed by atoms with Gasteiger partial charge in [0.1, 0.15) is 5.83 Å². The first-order chi connectivity index (χ1) is 3.72. The maximum Gasteiger partial charge on any atom is 0.123 e. The lowest BCUT2D eigenvalue weighted by molar-refractivity contribution is 0.327. The van der Waals surface area contributed by atoms with Gasteiger partial charge in [-0.25, -0.2) is 4.39 Å². The van der Waals surface area contributed by atoms with Gasteiger partial charge >= 0.3 is 0 Å². The molecule has 0 aromatic rings. The zero-order valence-corrected chi connectivity index (χ0v) is 4.82. The SMILES string of the molecule is C=C/C(F)=C(\C)CO. The summed E-state index contributed by atoms with van der Waals surface area (Å²) in [6.07, 6.45) is 1.07. The standard InChI is InChI=1S/C6H9FO/c1-3-6(7)5(2)4-8/h3,8H,1,4H2,2H3/b6-5-. The van der Waals surface area contributed by atoms with Crippen LogP contribution in [-0.2, 0) is 0 Å². The third kappa shape index (κ3) is 1.89. The van der Waals surface area contributed by atoms with E-state index in [4.69, 9.17) is 5.11 Å². The Hall–Kier alpha value is -0.630. The highest BCUT2D eigenvalue weighted by atomic mass is 19.1. The molecule has 0 aromatic heterocycles. The Bertz CT molecular complexity index is 116. The average molecular weight is 116 g/mol. The summed E-state index contributed by atoms with van der Waals surface area (Å²) in [7, 11) is 0. The summed E-state index contributed by atoms with van der Waals surface area (Å²) >= 11 is 0. The van der Waals surface area contributed by atoms with E-state index >= 15 is 0 Å². The monoisotopic (exact) mass is 116 g/mol. The van der Waals surface area contributed by atoms with Gasteiger partial charge in [-0.15, -0.1) is 0 Å². The fourth-order valence-electron chi connectivity index (χ4n) is 0.250. The minimum atomic E-state index is -0.437. The number of aliphatic hydroxyl groups excluding tert-OH is 1. The molecule has 46 valence electrons. The van der Waals surface area contributed by atoms with Crippen LogP contribution in [0, 0.1) is 0 Å². The minimum Gasteiger partial charge on any atom is -0.392 e. The van der Waals surface area contributed by atoms with E-state index in [0.717, 1.165) is 6.08 Å². The topological polar surface area (TPSA) is 20.2 Å². The third-order valence-corrected chi connectivity index (χ3v) is 0.824. The van der Waals surface area contributed by atoms with Gasteiger partial charge in [-0.3, -0.25) is 0 Å². The maximum atomic E-state index is 12.1.